The topological polar surface area (TPSA) is 118 Å². The van der Waals surface area contributed by atoms with Gasteiger partial charge in [0.15, 0.2) is 0 Å². The maximum Gasteiger partial charge on any atom is 0.340 e. The highest BCUT2D eigenvalue weighted by atomic mass is 32.2. The Kier molecular flexibility index (Phi) is 9.98. The molecule has 0 saturated carbocycles. The van der Waals surface area contributed by atoms with E-state index >= 15 is 0 Å². The normalized spacial score (nSPS) is 11.2. The van der Waals surface area contributed by atoms with Gasteiger partial charge in [-0.3, -0.25) is 9.59 Å². The van der Waals surface area contributed by atoms with Crippen LogP contribution in [-0.4, -0.2) is 16.9 Å². The van der Waals surface area contributed by atoms with E-state index in [0.29, 0.717) is 51.5 Å². The first-order valence-corrected chi connectivity index (χ1v) is 16.0. The second-order valence-electron chi connectivity index (χ2n) is 10.8. The summed E-state index contributed by atoms with van der Waals surface area (Å²) in [6.45, 7) is 0.426. The SMILES string of the molecule is O=C(Nc1cccc(SCc2cc3ccc(O)cc3oc2=O)c1)/C(=C/c1ccc(OCc2ccccc2)cc1)NC(=O)c1ccccc1. The Hall–Kier alpha value is -6.06. The zero-order chi connectivity index (χ0) is 33.3. The monoisotopic (exact) mass is 654 g/mol. The second-order valence-corrected chi connectivity index (χ2v) is 11.8. The van der Waals surface area contributed by atoms with Crippen molar-refractivity contribution in [2.45, 2.75) is 17.3 Å². The van der Waals surface area contributed by atoms with Crippen molar-refractivity contribution in [3.63, 3.8) is 0 Å². The maximum atomic E-state index is 13.6. The molecule has 0 radical (unpaired) electrons. The molecule has 0 spiro atoms. The van der Waals surface area contributed by atoms with E-state index in [2.05, 4.69) is 10.6 Å². The van der Waals surface area contributed by atoms with Crippen LogP contribution in [0.25, 0.3) is 17.0 Å². The van der Waals surface area contributed by atoms with Gasteiger partial charge in [-0.1, -0.05) is 66.7 Å². The Bertz CT molecular complexity index is 2150. The third-order valence-corrected chi connectivity index (χ3v) is 8.29. The lowest BCUT2D eigenvalue weighted by Gasteiger charge is -2.12. The van der Waals surface area contributed by atoms with Gasteiger partial charge in [-0.2, -0.15) is 0 Å². The predicted molar refractivity (Wildman–Crippen MR) is 188 cm³/mol. The molecular weight excluding hydrogens is 625 g/mol. The van der Waals surface area contributed by atoms with Crippen LogP contribution in [0.15, 0.2) is 153 Å². The number of ether oxygens (including phenoxy) is 1. The van der Waals surface area contributed by atoms with Crippen LogP contribution in [-0.2, 0) is 17.2 Å². The van der Waals surface area contributed by atoms with Crippen molar-refractivity contribution in [1.29, 1.82) is 0 Å². The smallest absolute Gasteiger partial charge is 0.340 e. The molecule has 1 heterocycles. The molecule has 0 aliphatic heterocycles. The number of rotatable bonds is 11. The molecule has 48 heavy (non-hydrogen) atoms. The number of aromatic hydroxyl groups is 1. The van der Waals surface area contributed by atoms with E-state index < -0.39 is 17.4 Å². The summed E-state index contributed by atoms with van der Waals surface area (Å²) in [5, 5.41) is 16.0. The molecule has 9 heteroatoms. The van der Waals surface area contributed by atoms with Gasteiger partial charge in [0.2, 0.25) is 0 Å². The zero-order valence-corrected chi connectivity index (χ0v) is 26.4. The van der Waals surface area contributed by atoms with Crippen LogP contribution >= 0.6 is 11.8 Å². The predicted octanol–water partition coefficient (Wildman–Crippen LogP) is 7.78. The minimum absolute atomic E-state index is 0.0197. The minimum atomic E-state index is -0.510. The summed E-state index contributed by atoms with van der Waals surface area (Å²) in [7, 11) is 0. The van der Waals surface area contributed by atoms with E-state index in [-0.39, 0.29) is 11.4 Å². The summed E-state index contributed by atoms with van der Waals surface area (Å²) in [5.74, 6) is 0.0920. The van der Waals surface area contributed by atoms with Crippen LogP contribution < -0.4 is 21.0 Å². The quantitative estimate of drug-likeness (QED) is 0.0742. The van der Waals surface area contributed by atoms with Gasteiger partial charge in [0.05, 0.1) is 0 Å². The van der Waals surface area contributed by atoms with Crippen molar-refractivity contribution in [2.75, 3.05) is 5.32 Å². The Balaban J connectivity index is 1.17. The molecule has 0 atom stereocenters. The number of amides is 2. The van der Waals surface area contributed by atoms with Crippen LogP contribution in [0.3, 0.4) is 0 Å². The van der Waals surface area contributed by atoms with Crippen LogP contribution in [0.1, 0.15) is 27.0 Å². The van der Waals surface area contributed by atoms with Crippen molar-refractivity contribution < 1.29 is 23.8 Å². The van der Waals surface area contributed by atoms with Crippen LogP contribution in [0.2, 0.25) is 0 Å². The third kappa shape index (κ3) is 8.39. The highest BCUT2D eigenvalue weighted by molar-refractivity contribution is 7.98. The van der Waals surface area contributed by atoms with Gasteiger partial charge in [0.25, 0.3) is 11.8 Å². The molecule has 6 rings (SSSR count). The molecule has 0 unspecified atom stereocenters. The molecule has 5 aromatic carbocycles. The van der Waals surface area contributed by atoms with Crippen molar-refractivity contribution in [2.24, 2.45) is 0 Å². The molecule has 2 amide bonds. The summed E-state index contributed by atoms with van der Waals surface area (Å²) in [6, 6.07) is 39.3. The van der Waals surface area contributed by atoms with Crippen LogP contribution in [0.4, 0.5) is 5.69 Å². The van der Waals surface area contributed by atoms with E-state index in [9.17, 15) is 19.5 Å². The molecular formula is C39H30N2O6S. The summed E-state index contributed by atoms with van der Waals surface area (Å²) in [5.41, 5.74) is 3.02. The highest BCUT2D eigenvalue weighted by Crippen LogP contribution is 2.27. The summed E-state index contributed by atoms with van der Waals surface area (Å²) in [4.78, 5) is 40.0. The number of hydrogen-bond acceptors (Lipinski definition) is 7. The van der Waals surface area contributed by atoms with Crippen LogP contribution in [0, 0.1) is 0 Å². The van der Waals surface area contributed by atoms with Gasteiger partial charge in [-0.15, -0.1) is 11.8 Å². The van der Waals surface area contributed by atoms with Gasteiger partial charge < -0.3 is 24.9 Å². The first-order chi connectivity index (χ1) is 23.4. The number of phenols is 1. The first kappa shape index (κ1) is 31.9. The van der Waals surface area contributed by atoms with E-state index in [0.717, 1.165) is 10.5 Å². The van der Waals surface area contributed by atoms with Crippen LogP contribution in [0.5, 0.6) is 11.5 Å². The number of hydrogen-bond donors (Lipinski definition) is 3. The van der Waals surface area contributed by atoms with Gasteiger partial charge in [-0.25, -0.2) is 4.79 Å². The number of carbonyl (C=O) groups is 2. The fourth-order valence-electron chi connectivity index (χ4n) is 4.78. The molecule has 238 valence electrons. The number of benzene rings is 5. The number of thioether (sulfide) groups is 1. The average molecular weight is 655 g/mol. The maximum absolute atomic E-state index is 13.6. The number of carbonyl (C=O) groups excluding carboxylic acids is 2. The molecule has 0 aliphatic carbocycles. The van der Waals surface area contributed by atoms with Crippen molar-refractivity contribution >= 4 is 46.3 Å². The highest BCUT2D eigenvalue weighted by Gasteiger charge is 2.16. The number of phenolic OH excluding ortho intramolecular Hbond substituents is 1. The summed E-state index contributed by atoms with van der Waals surface area (Å²) < 4.78 is 11.3. The molecule has 1 aromatic heterocycles. The van der Waals surface area contributed by atoms with Gasteiger partial charge in [-0.05, 0) is 77.9 Å². The largest absolute Gasteiger partial charge is 0.508 e. The first-order valence-electron chi connectivity index (χ1n) is 15.0. The van der Waals surface area contributed by atoms with Crippen molar-refractivity contribution in [3.8, 4) is 11.5 Å². The number of anilines is 1. The average Bonchev–Trinajstić information content (AvgIpc) is 3.11. The zero-order valence-electron chi connectivity index (χ0n) is 25.6. The number of fused-ring (bicyclic) bond motifs is 1. The van der Waals surface area contributed by atoms with E-state index in [1.54, 1.807) is 60.7 Å². The van der Waals surface area contributed by atoms with Gasteiger partial charge in [0.1, 0.15) is 29.4 Å². The molecule has 0 aliphatic rings. The third-order valence-electron chi connectivity index (χ3n) is 7.25. The molecule has 0 saturated heterocycles. The Morgan fingerprint density at radius 1 is 0.812 bits per heavy atom. The lowest BCUT2D eigenvalue weighted by molar-refractivity contribution is -0.113. The number of nitrogens with one attached hydrogen (secondary N) is 2. The van der Waals surface area contributed by atoms with Gasteiger partial charge in [0, 0.05) is 38.9 Å². The minimum Gasteiger partial charge on any atom is -0.508 e. The Labute approximate surface area is 280 Å². The van der Waals surface area contributed by atoms with E-state index in [1.807, 2.05) is 66.7 Å². The van der Waals surface area contributed by atoms with Crippen molar-refractivity contribution in [3.05, 3.63) is 172 Å². The summed E-state index contributed by atoms with van der Waals surface area (Å²) >= 11 is 1.41. The van der Waals surface area contributed by atoms with E-state index in [1.165, 1.54) is 23.9 Å². The molecule has 0 fully saturated rings. The Morgan fingerprint density at radius 3 is 2.33 bits per heavy atom. The molecule has 3 N–H and O–H groups in total. The fraction of sp³-hybridized carbons (Fsp3) is 0.0513. The molecule has 8 nitrogen and oxygen atoms in total. The molecule has 6 aromatic rings. The fourth-order valence-corrected chi connectivity index (χ4v) is 5.69. The Morgan fingerprint density at radius 2 is 1.56 bits per heavy atom. The lowest BCUT2D eigenvalue weighted by Crippen LogP contribution is -2.30. The van der Waals surface area contributed by atoms with Crippen molar-refractivity contribution in [1.82, 2.24) is 5.32 Å². The second kappa shape index (κ2) is 15.0. The molecule has 0 bridgehead atoms. The standard InChI is InChI=1S/C39H30N2O6S/c42-32-17-16-29-21-30(39(45)47-36(29)23-32)25-48-34-13-7-12-31(22-34)40-38(44)35(41-37(43)28-10-5-2-6-11-28)20-26-14-18-33(19-15-26)46-24-27-8-3-1-4-9-27/h1-23,42H,24-25H2,(H,40,44)(H,41,43)/b35-20-. The van der Waals surface area contributed by atoms with E-state index in [4.69, 9.17) is 9.15 Å². The lowest BCUT2D eigenvalue weighted by atomic mass is 10.1. The van der Waals surface area contributed by atoms with Gasteiger partial charge >= 0.3 is 5.63 Å². The summed E-state index contributed by atoms with van der Waals surface area (Å²) in [6.07, 6.45) is 1.61.